The van der Waals surface area contributed by atoms with Crippen LogP contribution in [0.4, 0.5) is 4.79 Å². The molecule has 6 nitrogen and oxygen atoms in total. The van der Waals surface area contributed by atoms with E-state index in [4.69, 9.17) is 5.73 Å². The summed E-state index contributed by atoms with van der Waals surface area (Å²) in [6.07, 6.45) is 1.84. The lowest BCUT2D eigenvalue weighted by Gasteiger charge is -2.23. The summed E-state index contributed by atoms with van der Waals surface area (Å²) >= 11 is 0. The van der Waals surface area contributed by atoms with Crippen LogP contribution in [0.5, 0.6) is 0 Å². The number of aryl methyl sites for hydroxylation is 1. The van der Waals surface area contributed by atoms with E-state index < -0.39 is 17.5 Å². The number of benzene rings is 1. The maximum Gasteiger partial charge on any atom is 0.322 e. The third-order valence-corrected chi connectivity index (χ3v) is 3.60. The predicted octanol–water partition coefficient (Wildman–Crippen LogP) is 0.172. The Bertz CT molecular complexity index is 691. The van der Waals surface area contributed by atoms with E-state index in [-0.39, 0.29) is 6.54 Å². The molecule has 98 valence electrons. The van der Waals surface area contributed by atoms with Gasteiger partial charge in [0.2, 0.25) is 0 Å². The van der Waals surface area contributed by atoms with Gasteiger partial charge in [-0.1, -0.05) is 18.2 Å². The number of nitrogens with zero attached hydrogens (tertiary/aromatic N) is 1. The van der Waals surface area contributed by atoms with Crippen LogP contribution in [0.3, 0.4) is 0 Å². The number of imide groups is 1. The quantitative estimate of drug-likeness (QED) is 0.671. The van der Waals surface area contributed by atoms with Crippen molar-refractivity contribution in [1.82, 2.24) is 15.2 Å². The molecule has 2 heterocycles. The Kier molecular flexibility index (Phi) is 2.36. The minimum atomic E-state index is -1.18. The van der Waals surface area contributed by atoms with E-state index in [1.54, 1.807) is 0 Å². The van der Waals surface area contributed by atoms with Gasteiger partial charge in [-0.2, -0.15) is 0 Å². The highest BCUT2D eigenvalue weighted by molar-refractivity contribution is 6.09. The summed E-state index contributed by atoms with van der Waals surface area (Å²) in [5, 5.41) is 5.81. The van der Waals surface area contributed by atoms with Crippen LogP contribution in [0.25, 0.3) is 10.9 Å². The zero-order valence-corrected chi connectivity index (χ0v) is 10.4. The fraction of sp³-hybridized carbons (Fsp3) is 0.231. The molecule has 3 amide bonds. The van der Waals surface area contributed by atoms with Gasteiger partial charge in [0.05, 0.1) is 0 Å². The third kappa shape index (κ3) is 1.47. The van der Waals surface area contributed by atoms with E-state index in [9.17, 15) is 9.59 Å². The molecule has 1 aromatic carbocycles. The van der Waals surface area contributed by atoms with Gasteiger partial charge in [-0.25, -0.2) is 4.79 Å². The van der Waals surface area contributed by atoms with E-state index in [2.05, 4.69) is 10.6 Å². The number of para-hydroxylation sites is 1. The van der Waals surface area contributed by atoms with Crippen molar-refractivity contribution in [1.29, 1.82) is 0 Å². The molecule has 4 N–H and O–H groups in total. The predicted molar refractivity (Wildman–Crippen MR) is 70.3 cm³/mol. The number of nitrogens with one attached hydrogen (secondary N) is 2. The number of nitrogens with two attached hydrogens (primary N) is 1. The first-order valence-corrected chi connectivity index (χ1v) is 5.97. The minimum absolute atomic E-state index is 0.0125. The first-order chi connectivity index (χ1) is 9.08. The number of hydrogen-bond acceptors (Lipinski definition) is 3. The average Bonchev–Trinajstić information content (AvgIpc) is 2.89. The fourth-order valence-corrected chi connectivity index (χ4v) is 2.62. The first-order valence-electron chi connectivity index (χ1n) is 5.97. The van der Waals surface area contributed by atoms with Crippen LogP contribution in [0.15, 0.2) is 30.5 Å². The molecule has 1 atom stereocenters. The molecule has 0 bridgehead atoms. The molecule has 1 fully saturated rings. The van der Waals surface area contributed by atoms with Gasteiger partial charge in [0.15, 0.2) is 5.54 Å². The number of rotatable bonds is 2. The maximum absolute atomic E-state index is 12.1. The summed E-state index contributed by atoms with van der Waals surface area (Å²) in [7, 11) is 1.89. The zero-order valence-electron chi connectivity index (χ0n) is 10.4. The van der Waals surface area contributed by atoms with Crippen molar-refractivity contribution in [2.75, 3.05) is 6.54 Å². The second kappa shape index (κ2) is 3.83. The van der Waals surface area contributed by atoms with Gasteiger partial charge in [-0.15, -0.1) is 0 Å². The lowest BCUT2D eigenvalue weighted by Crippen LogP contribution is -2.49. The monoisotopic (exact) mass is 258 g/mol. The summed E-state index contributed by atoms with van der Waals surface area (Å²) in [6.45, 7) is 0.0125. The van der Waals surface area contributed by atoms with Crippen molar-refractivity contribution in [2.45, 2.75) is 5.54 Å². The molecule has 0 spiro atoms. The van der Waals surface area contributed by atoms with E-state index >= 15 is 0 Å². The summed E-state index contributed by atoms with van der Waals surface area (Å²) in [6, 6.07) is 7.18. The Hall–Kier alpha value is -2.34. The van der Waals surface area contributed by atoms with Gasteiger partial charge in [0, 0.05) is 36.3 Å². The molecule has 2 aromatic rings. The largest absolute Gasteiger partial charge is 0.350 e. The Morgan fingerprint density at radius 1 is 1.32 bits per heavy atom. The van der Waals surface area contributed by atoms with Crippen molar-refractivity contribution >= 4 is 22.8 Å². The number of carbonyl (C=O) groups excluding carboxylic acids is 2. The molecular weight excluding hydrogens is 244 g/mol. The second-order valence-corrected chi connectivity index (χ2v) is 4.69. The molecule has 19 heavy (non-hydrogen) atoms. The first kappa shape index (κ1) is 11.7. The van der Waals surface area contributed by atoms with Gasteiger partial charge < -0.3 is 15.6 Å². The van der Waals surface area contributed by atoms with Crippen molar-refractivity contribution in [3.05, 3.63) is 36.0 Å². The number of aromatic nitrogens is 1. The molecule has 1 aliphatic heterocycles. The summed E-state index contributed by atoms with van der Waals surface area (Å²) in [5.41, 5.74) is 6.29. The van der Waals surface area contributed by atoms with Gasteiger partial charge >= 0.3 is 6.03 Å². The van der Waals surface area contributed by atoms with Crippen LogP contribution in [0.1, 0.15) is 5.56 Å². The maximum atomic E-state index is 12.1. The molecule has 3 rings (SSSR count). The molecule has 0 saturated carbocycles. The van der Waals surface area contributed by atoms with Crippen molar-refractivity contribution in [3.63, 3.8) is 0 Å². The van der Waals surface area contributed by atoms with Gasteiger partial charge in [-0.3, -0.25) is 10.1 Å². The van der Waals surface area contributed by atoms with Crippen LogP contribution in [-0.4, -0.2) is 23.1 Å². The van der Waals surface area contributed by atoms with Crippen molar-refractivity contribution < 1.29 is 9.59 Å². The molecule has 1 saturated heterocycles. The van der Waals surface area contributed by atoms with Crippen LogP contribution < -0.4 is 16.4 Å². The molecule has 1 aromatic heterocycles. The smallest absolute Gasteiger partial charge is 0.322 e. The molecule has 1 unspecified atom stereocenters. The minimum Gasteiger partial charge on any atom is -0.350 e. The Morgan fingerprint density at radius 3 is 2.68 bits per heavy atom. The molecule has 0 radical (unpaired) electrons. The average molecular weight is 258 g/mol. The van der Waals surface area contributed by atoms with E-state index in [1.807, 2.05) is 42.1 Å². The zero-order chi connectivity index (χ0) is 13.6. The van der Waals surface area contributed by atoms with Crippen LogP contribution in [0, 0.1) is 0 Å². The van der Waals surface area contributed by atoms with Gasteiger partial charge in [0.1, 0.15) is 0 Å². The van der Waals surface area contributed by atoms with Gasteiger partial charge in [0.25, 0.3) is 5.91 Å². The topological polar surface area (TPSA) is 89.2 Å². The Morgan fingerprint density at radius 2 is 2.05 bits per heavy atom. The van der Waals surface area contributed by atoms with E-state index in [1.165, 1.54) is 0 Å². The lowest BCUT2D eigenvalue weighted by atomic mass is 9.90. The van der Waals surface area contributed by atoms with E-state index in [0.29, 0.717) is 0 Å². The normalized spacial score (nSPS) is 22.6. The number of urea groups is 1. The SMILES string of the molecule is Cn1cc(C2(CN)NC(=O)NC2=O)c2ccccc21. The van der Waals surface area contributed by atoms with Crippen LogP contribution in [-0.2, 0) is 17.4 Å². The van der Waals surface area contributed by atoms with Gasteiger partial charge in [-0.05, 0) is 6.07 Å². The Balaban J connectivity index is 2.28. The van der Waals surface area contributed by atoms with Crippen molar-refractivity contribution in [3.8, 4) is 0 Å². The van der Waals surface area contributed by atoms with E-state index in [0.717, 1.165) is 16.5 Å². The fourth-order valence-electron chi connectivity index (χ4n) is 2.62. The second-order valence-electron chi connectivity index (χ2n) is 4.69. The number of fused-ring (bicyclic) bond motifs is 1. The summed E-state index contributed by atoms with van der Waals surface area (Å²) in [5.74, 6) is -0.406. The lowest BCUT2D eigenvalue weighted by molar-refractivity contribution is -0.123. The Labute approximate surface area is 109 Å². The highest BCUT2D eigenvalue weighted by atomic mass is 16.2. The molecule has 0 aliphatic carbocycles. The summed E-state index contributed by atoms with van der Waals surface area (Å²) < 4.78 is 1.92. The summed E-state index contributed by atoms with van der Waals surface area (Å²) in [4.78, 5) is 23.5. The number of hydrogen-bond donors (Lipinski definition) is 3. The highest BCUT2D eigenvalue weighted by Crippen LogP contribution is 2.31. The number of carbonyl (C=O) groups is 2. The molecule has 1 aliphatic rings. The third-order valence-electron chi connectivity index (χ3n) is 3.60. The van der Waals surface area contributed by atoms with Crippen LogP contribution >= 0.6 is 0 Å². The highest BCUT2D eigenvalue weighted by Gasteiger charge is 2.48. The standard InChI is InChI=1S/C13H14N4O2/c1-17-6-9(8-4-2-3-5-10(8)17)13(7-14)11(18)15-12(19)16-13/h2-6H,7,14H2,1H3,(H2,15,16,18,19). The number of amides is 3. The van der Waals surface area contributed by atoms with Crippen LogP contribution in [0.2, 0.25) is 0 Å². The molecular formula is C13H14N4O2. The van der Waals surface area contributed by atoms with Crippen molar-refractivity contribution in [2.24, 2.45) is 12.8 Å². The molecule has 6 heteroatoms.